The molecule has 0 unspecified atom stereocenters. The maximum atomic E-state index is 8.88. The molecule has 0 rings (SSSR count). The molecule has 0 aliphatic heterocycles. The van der Waals surface area contributed by atoms with Gasteiger partial charge in [-0.25, -0.2) is 4.57 Å². The van der Waals surface area contributed by atoms with Crippen LogP contribution in [-0.2, 0) is 15.0 Å². The quantitative estimate of drug-likeness (QED) is 0.0789. The van der Waals surface area contributed by atoms with Crippen molar-refractivity contribution >= 4 is 18.2 Å². The smallest absolute Gasteiger partial charge is 1.00 e. The fraction of sp³-hybridized carbons (Fsp3) is 0.917. The average molecular weight is 436 g/mol. The summed E-state index contributed by atoms with van der Waals surface area (Å²) in [5.41, 5.74) is 0. The third-order valence-electron chi connectivity index (χ3n) is 2.35. The van der Waals surface area contributed by atoms with Crippen LogP contribution in [0.3, 0.4) is 0 Å². The molecule has 0 saturated heterocycles. The Morgan fingerprint density at radius 3 is 1.20 bits per heavy atom. The van der Waals surface area contributed by atoms with Crippen LogP contribution < -0.4 is 88.7 Å². The molecule has 0 fully saturated rings. The zero-order valence-corrected chi connectivity index (χ0v) is 23.8. The molecule has 13 heteroatoms. The zero-order valence-electron chi connectivity index (χ0n) is 18.1. The van der Waals surface area contributed by atoms with Gasteiger partial charge in [-0.2, -0.15) is 14.8 Å². The van der Waals surface area contributed by atoms with Crippen LogP contribution in [0.4, 0.5) is 0 Å². The van der Waals surface area contributed by atoms with Gasteiger partial charge in [0.05, 0.1) is 0 Å². The normalized spacial score (nSPS) is 9.72. The van der Waals surface area contributed by atoms with Gasteiger partial charge in [0, 0.05) is 0 Å². The van der Waals surface area contributed by atoms with E-state index in [2.05, 4.69) is 13.8 Å². The molecular formula is C12H32Na3O8PS. The molecule has 142 valence electrons. The average Bonchev–Trinajstić information content (AvgIpc) is 2.28. The molecule has 0 bridgehead atoms. The third-order valence-corrected chi connectivity index (χ3v) is 2.35. The van der Waals surface area contributed by atoms with E-state index in [1.165, 1.54) is 57.8 Å². The van der Waals surface area contributed by atoms with Crippen LogP contribution in [0.25, 0.3) is 0 Å². The van der Waals surface area contributed by atoms with E-state index in [4.69, 9.17) is 36.8 Å². The molecule has 0 heterocycles. The molecule has 0 aromatic carbocycles. The number of hydrogen-bond donors (Lipinski definition) is 5. The van der Waals surface area contributed by atoms with Crippen LogP contribution >= 0.6 is 7.82 Å². The first-order valence-electron chi connectivity index (χ1n) is 7.19. The summed E-state index contributed by atoms with van der Waals surface area (Å²) in [6.45, 7) is 6.12. The standard InChI is InChI=1S/C12H25.3Na.H3O4P.H2O4S.2H/c1-3-5-7-9-11-12-10-8-6-4-2;;;;2*1-5(2,3)4;;/h1,3-12H2,2H3;;;;(H3,1,2,3,4);(H2,1,2,3,4);;/q-1;3*+1;;;2*-1. The second-order valence-corrected chi connectivity index (χ2v) is 6.57. The number of phosphoric acid groups is 1. The van der Waals surface area contributed by atoms with Gasteiger partial charge in [0.1, 0.15) is 0 Å². The van der Waals surface area contributed by atoms with Crippen LogP contribution in [0.15, 0.2) is 0 Å². The summed E-state index contributed by atoms with van der Waals surface area (Å²) in [6.07, 6.45) is 13.9. The third kappa shape index (κ3) is 117. The molecule has 0 atom stereocenters. The van der Waals surface area contributed by atoms with Gasteiger partial charge in [-0.1, -0.05) is 64.7 Å². The van der Waals surface area contributed by atoms with E-state index in [-0.39, 0.29) is 91.5 Å². The molecule has 5 N–H and O–H groups in total. The molecule has 25 heavy (non-hydrogen) atoms. The van der Waals surface area contributed by atoms with E-state index in [0.717, 1.165) is 6.42 Å². The summed E-state index contributed by atoms with van der Waals surface area (Å²) in [6, 6.07) is 0. The van der Waals surface area contributed by atoms with Crippen LogP contribution in [0, 0.1) is 6.92 Å². The van der Waals surface area contributed by atoms with Gasteiger partial charge in [0.2, 0.25) is 0 Å². The Labute approximate surface area is 222 Å². The number of unbranched alkanes of at least 4 members (excludes halogenated alkanes) is 9. The monoisotopic (exact) mass is 436 g/mol. The van der Waals surface area contributed by atoms with E-state index in [9.17, 15) is 0 Å². The van der Waals surface area contributed by atoms with Crippen molar-refractivity contribution in [3.05, 3.63) is 6.92 Å². The number of rotatable bonds is 9. The Bertz CT molecular complexity index is 349. The van der Waals surface area contributed by atoms with Gasteiger partial charge >= 0.3 is 107 Å². The van der Waals surface area contributed by atoms with Gasteiger partial charge in [0.25, 0.3) is 0 Å². The Hall–Kier alpha value is 2.98. The van der Waals surface area contributed by atoms with Gasteiger partial charge in [-0.15, -0.1) is 0 Å². The van der Waals surface area contributed by atoms with Crippen molar-refractivity contribution in [1.82, 2.24) is 0 Å². The molecule has 0 aromatic heterocycles. The molecular weight excluding hydrogens is 404 g/mol. The van der Waals surface area contributed by atoms with E-state index < -0.39 is 18.2 Å². The summed E-state index contributed by atoms with van der Waals surface area (Å²) < 4.78 is 40.5. The topological polar surface area (TPSA) is 152 Å². The fourth-order valence-corrected chi connectivity index (χ4v) is 1.49. The minimum absolute atomic E-state index is 0. The SMILES string of the molecule is O=P(O)(O)O.O=S(=O)(O)O.[CH2-]CCCCCCCCCCC.[H-].[H-].[Na+].[Na+].[Na+]. The van der Waals surface area contributed by atoms with Crippen molar-refractivity contribution in [2.24, 2.45) is 0 Å². The first-order chi connectivity index (χ1) is 9.91. The van der Waals surface area contributed by atoms with Gasteiger partial charge in [0.15, 0.2) is 0 Å². The first-order valence-corrected chi connectivity index (χ1v) is 10.2. The second-order valence-electron chi connectivity index (χ2n) is 4.64. The van der Waals surface area contributed by atoms with E-state index in [1.807, 2.05) is 0 Å². The summed E-state index contributed by atoms with van der Waals surface area (Å²) in [7, 11) is -9.31. The second kappa shape index (κ2) is 29.2. The fourth-order valence-electron chi connectivity index (χ4n) is 1.49. The van der Waals surface area contributed by atoms with Gasteiger partial charge in [-0.05, 0) is 0 Å². The van der Waals surface area contributed by atoms with Crippen molar-refractivity contribution < 1.29 is 128 Å². The zero-order chi connectivity index (χ0) is 18.1. The summed E-state index contributed by atoms with van der Waals surface area (Å²) in [5.74, 6) is 0. The molecule has 8 nitrogen and oxygen atoms in total. The molecule has 0 aliphatic rings. The van der Waals surface area contributed by atoms with Crippen LogP contribution in [0.2, 0.25) is 0 Å². The van der Waals surface area contributed by atoms with Gasteiger partial charge < -0.3 is 24.5 Å². The summed E-state index contributed by atoms with van der Waals surface area (Å²) in [4.78, 5) is 21.6. The maximum absolute atomic E-state index is 8.88. The summed E-state index contributed by atoms with van der Waals surface area (Å²) >= 11 is 0. The van der Waals surface area contributed by atoms with Crippen molar-refractivity contribution in [3.8, 4) is 0 Å². The van der Waals surface area contributed by atoms with Crippen molar-refractivity contribution in [3.63, 3.8) is 0 Å². The first kappa shape index (κ1) is 42.2. The minimum Gasteiger partial charge on any atom is -1.00 e. The van der Waals surface area contributed by atoms with Crippen LogP contribution in [0.1, 0.15) is 74.0 Å². The van der Waals surface area contributed by atoms with E-state index >= 15 is 0 Å². The van der Waals surface area contributed by atoms with E-state index in [0.29, 0.717) is 0 Å². The minimum atomic E-state index is -4.67. The predicted octanol–water partition coefficient (Wildman–Crippen LogP) is -5.60. The number of hydrogen-bond acceptors (Lipinski definition) is 3. The predicted molar refractivity (Wildman–Crippen MR) is 87.9 cm³/mol. The summed E-state index contributed by atoms with van der Waals surface area (Å²) in [5, 5.41) is 0. The van der Waals surface area contributed by atoms with Gasteiger partial charge in [-0.3, -0.25) is 9.11 Å². The van der Waals surface area contributed by atoms with Crippen LogP contribution in [-0.4, -0.2) is 32.2 Å². The van der Waals surface area contributed by atoms with E-state index in [1.54, 1.807) is 0 Å². The van der Waals surface area contributed by atoms with Crippen molar-refractivity contribution in [2.45, 2.75) is 71.1 Å². The molecule has 0 aliphatic carbocycles. The molecule has 0 saturated carbocycles. The Morgan fingerprint density at radius 1 is 0.800 bits per heavy atom. The molecule has 0 amide bonds. The molecule has 0 radical (unpaired) electrons. The molecule has 0 aromatic rings. The molecule has 0 spiro atoms. The largest absolute Gasteiger partial charge is 1.00 e. The Kier molecular flexibility index (Phi) is 49.2. The Balaban J connectivity index is -0.0000000347. The van der Waals surface area contributed by atoms with Crippen molar-refractivity contribution in [1.29, 1.82) is 0 Å². The van der Waals surface area contributed by atoms with Crippen LogP contribution in [0.5, 0.6) is 0 Å². The van der Waals surface area contributed by atoms with Crippen molar-refractivity contribution in [2.75, 3.05) is 0 Å². The maximum Gasteiger partial charge on any atom is 1.00 e. The Morgan fingerprint density at radius 2 is 1.00 bits per heavy atom.